The molecule has 3 aromatic rings. The summed E-state index contributed by atoms with van der Waals surface area (Å²) in [7, 11) is 0. The summed E-state index contributed by atoms with van der Waals surface area (Å²) in [5.74, 6) is -0.770. The molecule has 0 spiro atoms. The quantitative estimate of drug-likeness (QED) is 0.437. The highest BCUT2D eigenvalue weighted by Crippen LogP contribution is 2.39. The first-order valence-electron chi connectivity index (χ1n) is 5.70. The minimum atomic E-state index is -0.758. The van der Waals surface area contributed by atoms with Gasteiger partial charge in [-0.05, 0) is 18.6 Å². The van der Waals surface area contributed by atoms with Crippen molar-refractivity contribution < 1.29 is 19.7 Å². The van der Waals surface area contributed by atoms with Gasteiger partial charge in [-0.15, -0.1) is 0 Å². The highest BCUT2D eigenvalue weighted by Gasteiger charge is 2.17. The molecular weight excluding hydrogens is 284 g/mol. The van der Waals surface area contributed by atoms with Crippen molar-refractivity contribution in [2.24, 2.45) is 0 Å². The number of fused-ring (bicyclic) bond motifs is 3. The second-order valence-corrected chi connectivity index (χ2v) is 4.86. The van der Waals surface area contributed by atoms with Gasteiger partial charge >= 0.3 is 5.63 Å². The van der Waals surface area contributed by atoms with Gasteiger partial charge in [0.05, 0.1) is 5.02 Å². The molecule has 0 unspecified atom stereocenters. The van der Waals surface area contributed by atoms with Crippen LogP contribution in [-0.2, 0) is 0 Å². The van der Waals surface area contributed by atoms with Gasteiger partial charge in [-0.2, -0.15) is 0 Å². The summed E-state index contributed by atoms with van der Waals surface area (Å²) in [4.78, 5) is 11.9. The van der Waals surface area contributed by atoms with Crippen molar-refractivity contribution in [1.29, 1.82) is 0 Å². The van der Waals surface area contributed by atoms with Crippen LogP contribution in [-0.4, -0.2) is 15.3 Å². The van der Waals surface area contributed by atoms with Crippen LogP contribution < -0.4 is 5.63 Å². The molecule has 0 aliphatic rings. The first kappa shape index (κ1) is 12.6. The molecule has 0 fully saturated rings. The Kier molecular flexibility index (Phi) is 2.55. The third-order valence-corrected chi connectivity index (χ3v) is 3.70. The largest absolute Gasteiger partial charge is 0.508 e. The minimum absolute atomic E-state index is 0.0415. The fraction of sp³-hybridized carbons (Fsp3) is 0.0714. The van der Waals surface area contributed by atoms with Crippen LogP contribution in [0.3, 0.4) is 0 Å². The summed E-state index contributed by atoms with van der Waals surface area (Å²) in [5.41, 5.74) is -0.140. The average molecular weight is 293 g/mol. The van der Waals surface area contributed by atoms with Crippen molar-refractivity contribution >= 4 is 33.3 Å². The number of phenols is 3. The van der Waals surface area contributed by atoms with Gasteiger partial charge in [0.1, 0.15) is 28.2 Å². The van der Waals surface area contributed by atoms with Gasteiger partial charge in [0, 0.05) is 22.9 Å². The number of hydrogen-bond acceptors (Lipinski definition) is 5. The Morgan fingerprint density at radius 1 is 1.05 bits per heavy atom. The van der Waals surface area contributed by atoms with Gasteiger partial charge < -0.3 is 19.7 Å². The van der Waals surface area contributed by atoms with Crippen LogP contribution in [0.5, 0.6) is 17.2 Å². The van der Waals surface area contributed by atoms with Gasteiger partial charge in [0.25, 0.3) is 0 Å². The molecule has 0 bridgehead atoms. The monoisotopic (exact) mass is 292 g/mol. The average Bonchev–Trinajstić information content (AvgIpc) is 2.34. The molecule has 0 aliphatic carbocycles. The lowest BCUT2D eigenvalue weighted by Crippen LogP contribution is -2.01. The molecule has 0 amide bonds. The zero-order valence-corrected chi connectivity index (χ0v) is 11.0. The van der Waals surface area contributed by atoms with Gasteiger partial charge in [0.15, 0.2) is 0 Å². The van der Waals surface area contributed by atoms with Gasteiger partial charge in [0.2, 0.25) is 0 Å². The van der Waals surface area contributed by atoms with E-state index in [2.05, 4.69) is 0 Å². The molecular formula is C14H9ClO5. The smallest absolute Gasteiger partial charge is 0.347 e. The Balaban J connectivity index is 2.72. The predicted octanol–water partition coefficient (Wildman–Crippen LogP) is 3.02. The van der Waals surface area contributed by atoms with Crippen LogP contribution in [0, 0.1) is 6.92 Å². The van der Waals surface area contributed by atoms with E-state index in [1.165, 1.54) is 12.1 Å². The Hall–Kier alpha value is -2.40. The van der Waals surface area contributed by atoms with Crippen molar-refractivity contribution in [1.82, 2.24) is 0 Å². The van der Waals surface area contributed by atoms with Gasteiger partial charge in [-0.1, -0.05) is 11.6 Å². The van der Waals surface area contributed by atoms with E-state index in [-0.39, 0.29) is 33.2 Å². The Morgan fingerprint density at radius 2 is 1.75 bits per heavy atom. The van der Waals surface area contributed by atoms with E-state index in [1.54, 1.807) is 6.92 Å². The summed E-state index contributed by atoms with van der Waals surface area (Å²) in [6.45, 7) is 1.64. The van der Waals surface area contributed by atoms with E-state index in [9.17, 15) is 20.1 Å². The summed E-state index contributed by atoms with van der Waals surface area (Å²) in [5, 5.41) is 29.9. The van der Waals surface area contributed by atoms with Crippen molar-refractivity contribution in [3.8, 4) is 17.2 Å². The second-order valence-electron chi connectivity index (χ2n) is 4.48. The van der Waals surface area contributed by atoms with E-state index >= 15 is 0 Å². The predicted molar refractivity (Wildman–Crippen MR) is 74.7 cm³/mol. The molecule has 3 N–H and O–H groups in total. The van der Waals surface area contributed by atoms with Crippen molar-refractivity contribution in [3.63, 3.8) is 0 Å². The molecule has 6 heteroatoms. The summed E-state index contributed by atoms with van der Waals surface area (Å²) in [6.07, 6.45) is 0. The number of rotatable bonds is 0. The van der Waals surface area contributed by atoms with Crippen LogP contribution >= 0.6 is 11.6 Å². The van der Waals surface area contributed by atoms with Crippen LogP contribution in [0.4, 0.5) is 0 Å². The fourth-order valence-corrected chi connectivity index (χ4v) is 2.49. The normalized spacial score (nSPS) is 11.3. The number of halogens is 1. The first-order chi connectivity index (χ1) is 9.40. The summed E-state index contributed by atoms with van der Waals surface area (Å²) >= 11 is 5.98. The molecule has 1 heterocycles. The Morgan fingerprint density at radius 3 is 2.45 bits per heavy atom. The van der Waals surface area contributed by atoms with Crippen LogP contribution in [0.15, 0.2) is 27.4 Å². The number of aromatic hydroxyl groups is 3. The van der Waals surface area contributed by atoms with Crippen molar-refractivity contribution in [2.45, 2.75) is 6.92 Å². The number of phenolic OH excluding ortho intramolecular Hbond substituents is 3. The minimum Gasteiger partial charge on any atom is -0.508 e. The molecule has 20 heavy (non-hydrogen) atoms. The molecule has 5 nitrogen and oxygen atoms in total. The van der Waals surface area contributed by atoms with Gasteiger partial charge in [-0.3, -0.25) is 0 Å². The van der Waals surface area contributed by atoms with Crippen molar-refractivity contribution in [2.75, 3.05) is 0 Å². The molecule has 0 saturated heterocycles. The summed E-state index contributed by atoms with van der Waals surface area (Å²) in [6, 6.07) is 3.63. The Labute approximate surface area is 117 Å². The van der Waals surface area contributed by atoms with Crippen LogP contribution in [0.1, 0.15) is 5.56 Å². The fourth-order valence-electron chi connectivity index (χ4n) is 2.34. The highest BCUT2D eigenvalue weighted by atomic mass is 35.5. The molecule has 2 aromatic carbocycles. The molecule has 0 saturated carbocycles. The Bertz CT molecular complexity index is 927. The molecule has 1 aromatic heterocycles. The highest BCUT2D eigenvalue weighted by molar-refractivity contribution is 6.34. The maximum absolute atomic E-state index is 11.9. The van der Waals surface area contributed by atoms with E-state index < -0.39 is 5.63 Å². The maximum atomic E-state index is 11.9. The standard InChI is InChI=1S/C14H9ClO5/c1-5-11-7-2-6(16)3-8(17)12(7)14(19)20-10(11)4-9(18)13(5)15/h2-4,16-18H,1H3. The van der Waals surface area contributed by atoms with Gasteiger partial charge in [-0.25, -0.2) is 4.79 Å². The topological polar surface area (TPSA) is 90.9 Å². The van der Waals surface area contributed by atoms with E-state index in [4.69, 9.17) is 16.0 Å². The lowest BCUT2D eigenvalue weighted by atomic mass is 10.0. The van der Waals surface area contributed by atoms with Crippen molar-refractivity contribution in [3.05, 3.63) is 39.2 Å². The molecule has 0 radical (unpaired) electrons. The summed E-state index contributed by atoms with van der Waals surface area (Å²) < 4.78 is 5.10. The zero-order valence-electron chi connectivity index (χ0n) is 10.3. The van der Waals surface area contributed by atoms with E-state index in [0.29, 0.717) is 16.3 Å². The molecule has 3 rings (SSSR count). The van der Waals surface area contributed by atoms with Crippen LogP contribution in [0.2, 0.25) is 5.02 Å². The molecule has 0 atom stereocenters. The number of hydrogen-bond donors (Lipinski definition) is 3. The SMILES string of the molecule is Cc1c(Cl)c(O)cc2oc(=O)c3c(O)cc(O)cc3c12. The third-order valence-electron chi connectivity index (χ3n) is 3.22. The van der Waals surface area contributed by atoms with E-state index in [1.807, 2.05) is 0 Å². The maximum Gasteiger partial charge on any atom is 0.347 e. The lowest BCUT2D eigenvalue weighted by Gasteiger charge is -2.09. The number of benzene rings is 2. The molecule has 0 aliphatic heterocycles. The zero-order chi connectivity index (χ0) is 14.6. The first-order valence-corrected chi connectivity index (χ1v) is 6.08. The second kappa shape index (κ2) is 4.05. The number of aryl methyl sites for hydroxylation is 1. The molecule has 102 valence electrons. The van der Waals surface area contributed by atoms with E-state index in [0.717, 1.165) is 6.07 Å². The van der Waals surface area contributed by atoms with Crippen LogP contribution in [0.25, 0.3) is 21.7 Å². The lowest BCUT2D eigenvalue weighted by molar-refractivity contribution is 0.453. The third kappa shape index (κ3) is 1.60.